The number of nitrogens with one attached hydrogen (secondary N) is 2. The van der Waals surface area contributed by atoms with E-state index in [-0.39, 0.29) is 36.4 Å². The number of rotatable bonds is 3. The SMILES string of the molecule is CC(C)NC(=O)Nc1ccccc1C(=O)N1CC[C@@H](N)C1.Cl. The third-order valence-electron chi connectivity index (χ3n) is 3.34. The Labute approximate surface area is 136 Å². The first-order chi connectivity index (χ1) is 9.97. The molecule has 0 unspecified atom stereocenters. The van der Waals surface area contributed by atoms with Gasteiger partial charge in [-0.15, -0.1) is 12.4 Å². The highest BCUT2D eigenvalue weighted by Crippen LogP contribution is 2.19. The van der Waals surface area contributed by atoms with E-state index in [1.54, 1.807) is 29.2 Å². The van der Waals surface area contributed by atoms with E-state index in [1.807, 2.05) is 13.8 Å². The van der Waals surface area contributed by atoms with E-state index in [0.29, 0.717) is 24.3 Å². The lowest BCUT2D eigenvalue weighted by atomic mass is 10.1. The second-order valence-electron chi connectivity index (χ2n) is 5.60. The molecule has 1 aliphatic heterocycles. The highest BCUT2D eigenvalue weighted by Gasteiger charge is 2.26. The van der Waals surface area contributed by atoms with Gasteiger partial charge in [0.15, 0.2) is 0 Å². The predicted octanol–water partition coefficient (Wildman–Crippen LogP) is 1.81. The number of likely N-dealkylation sites (tertiary alicyclic amines) is 1. The third kappa shape index (κ3) is 4.61. The highest BCUT2D eigenvalue weighted by atomic mass is 35.5. The van der Waals surface area contributed by atoms with Crippen molar-refractivity contribution >= 4 is 30.0 Å². The van der Waals surface area contributed by atoms with Crippen LogP contribution < -0.4 is 16.4 Å². The minimum absolute atomic E-state index is 0. The number of para-hydroxylation sites is 1. The molecule has 122 valence electrons. The summed E-state index contributed by atoms with van der Waals surface area (Å²) in [6, 6.07) is 6.78. The van der Waals surface area contributed by atoms with Gasteiger partial charge in [0.1, 0.15) is 0 Å². The van der Waals surface area contributed by atoms with Gasteiger partial charge >= 0.3 is 6.03 Å². The van der Waals surface area contributed by atoms with Gasteiger partial charge < -0.3 is 21.3 Å². The van der Waals surface area contributed by atoms with Gasteiger partial charge in [0, 0.05) is 25.2 Å². The van der Waals surface area contributed by atoms with Gasteiger partial charge in [-0.1, -0.05) is 12.1 Å². The molecule has 1 aromatic carbocycles. The van der Waals surface area contributed by atoms with Crippen molar-refractivity contribution < 1.29 is 9.59 Å². The molecule has 1 heterocycles. The molecule has 0 bridgehead atoms. The molecular weight excluding hydrogens is 304 g/mol. The number of carbonyl (C=O) groups is 2. The summed E-state index contributed by atoms with van der Waals surface area (Å²) < 4.78 is 0. The van der Waals surface area contributed by atoms with Crippen molar-refractivity contribution in [3.8, 4) is 0 Å². The van der Waals surface area contributed by atoms with Gasteiger partial charge in [0.05, 0.1) is 11.3 Å². The zero-order valence-corrected chi connectivity index (χ0v) is 13.7. The number of urea groups is 1. The molecule has 0 aromatic heterocycles. The number of hydrogen-bond donors (Lipinski definition) is 3. The van der Waals surface area contributed by atoms with Crippen LogP contribution in [0.1, 0.15) is 30.6 Å². The van der Waals surface area contributed by atoms with E-state index in [1.165, 1.54) is 0 Å². The summed E-state index contributed by atoms with van der Waals surface area (Å²) >= 11 is 0. The number of carbonyl (C=O) groups excluding carboxylic acids is 2. The van der Waals surface area contributed by atoms with Crippen molar-refractivity contribution in [1.82, 2.24) is 10.2 Å². The van der Waals surface area contributed by atoms with E-state index < -0.39 is 0 Å². The van der Waals surface area contributed by atoms with Gasteiger partial charge in [-0.25, -0.2) is 4.79 Å². The first-order valence-corrected chi connectivity index (χ1v) is 7.18. The van der Waals surface area contributed by atoms with Crippen molar-refractivity contribution in [2.45, 2.75) is 32.4 Å². The molecule has 1 fully saturated rings. The average molecular weight is 327 g/mol. The summed E-state index contributed by atoms with van der Waals surface area (Å²) in [6.07, 6.45) is 0.815. The summed E-state index contributed by atoms with van der Waals surface area (Å²) in [4.78, 5) is 26.0. The van der Waals surface area contributed by atoms with Crippen LogP contribution in [0.25, 0.3) is 0 Å². The van der Waals surface area contributed by atoms with Crippen LogP contribution >= 0.6 is 12.4 Å². The lowest BCUT2D eigenvalue weighted by molar-refractivity contribution is 0.0792. The predicted molar refractivity (Wildman–Crippen MR) is 89.5 cm³/mol. The van der Waals surface area contributed by atoms with Gasteiger partial charge in [-0.05, 0) is 32.4 Å². The summed E-state index contributed by atoms with van der Waals surface area (Å²) in [5.41, 5.74) is 6.85. The molecule has 1 aliphatic rings. The van der Waals surface area contributed by atoms with Crippen molar-refractivity contribution in [2.75, 3.05) is 18.4 Å². The molecule has 1 atom stereocenters. The highest BCUT2D eigenvalue weighted by molar-refractivity contribution is 6.03. The van der Waals surface area contributed by atoms with Crippen LogP contribution in [0.3, 0.4) is 0 Å². The maximum absolute atomic E-state index is 12.5. The fraction of sp³-hybridized carbons (Fsp3) is 0.467. The molecule has 3 amide bonds. The first-order valence-electron chi connectivity index (χ1n) is 7.18. The second kappa shape index (κ2) is 8.00. The normalized spacial score (nSPS) is 17.1. The Morgan fingerprint density at radius 3 is 2.59 bits per heavy atom. The molecule has 22 heavy (non-hydrogen) atoms. The van der Waals surface area contributed by atoms with Gasteiger partial charge in [0.25, 0.3) is 5.91 Å². The Kier molecular flexibility index (Phi) is 6.64. The van der Waals surface area contributed by atoms with Gasteiger partial charge in [-0.3, -0.25) is 4.79 Å². The zero-order chi connectivity index (χ0) is 15.4. The molecule has 0 aliphatic carbocycles. The molecule has 6 nitrogen and oxygen atoms in total. The maximum atomic E-state index is 12.5. The third-order valence-corrected chi connectivity index (χ3v) is 3.34. The summed E-state index contributed by atoms with van der Waals surface area (Å²) in [5.74, 6) is -0.0941. The van der Waals surface area contributed by atoms with E-state index in [4.69, 9.17) is 5.73 Å². The lowest BCUT2D eigenvalue weighted by Gasteiger charge is -2.18. The van der Waals surface area contributed by atoms with E-state index in [0.717, 1.165) is 6.42 Å². The quantitative estimate of drug-likeness (QED) is 0.791. The molecule has 1 saturated heterocycles. The fourth-order valence-corrected chi connectivity index (χ4v) is 2.34. The summed E-state index contributed by atoms with van der Waals surface area (Å²) in [7, 11) is 0. The van der Waals surface area contributed by atoms with Gasteiger partial charge in [-0.2, -0.15) is 0 Å². The van der Waals surface area contributed by atoms with Crippen LogP contribution in [0.15, 0.2) is 24.3 Å². The Morgan fingerprint density at radius 1 is 1.32 bits per heavy atom. The lowest BCUT2D eigenvalue weighted by Crippen LogP contribution is -2.36. The number of halogens is 1. The Bertz CT molecular complexity index is 536. The minimum Gasteiger partial charge on any atom is -0.337 e. The van der Waals surface area contributed by atoms with E-state index in [2.05, 4.69) is 10.6 Å². The van der Waals surface area contributed by atoms with Crippen molar-refractivity contribution in [3.63, 3.8) is 0 Å². The summed E-state index contributed by atoms with van der Waals surface area (Å²) in [6.45, 7) is 4.97. The second-order valence-corrected chi connectivity index (χ2v) is 5.60. The van der Waals surface area contributed by atoms with E-state index >= 15 is 0 Å². The summed E-state index contributed by atoms with van der Waals surface area (Å²) in [5, 5.41) is 5.47. The van der Waals surface area contributed by atoms with Crippen LogP contribution in [-0.2, 0) is 0 Å². The maximum Gasteiger partial charge on any atom is 0.319 e. The number of benzene rings is 1. The number of amides is 3. The minimum atomic E-state index is -0.316. The van der Waals surface area contributed by atoms with Crippen molar-refractivity contribution in [3.05, 3.63) is 29.8 Å². The Balaban J connectivity index is 0.00000242. The van der Waals surface area contributed by atoms with Crippen LogP contribution in [-0.4, -0.2) is 42.0 Å². The van der Waals surface area contributed by atoms with E-state index in [9.17, 15) is 9.59 Å². The molecule has 4 N–H and O–H groups in total. The van der Waals surface area contributed by atoms with Crippen molar-refractivity contribution in [2.24, 2.45) is 5.73 Å². The molecule has 0 radical (unpaired) electrons. The number of nitrogens with zero attached hydrogens (tertiary/aromatic N) is 1. The Morgan fingerprint density at radius 2 is 2.00 bits per heavy atom. The number of hydrogen-bond acceptors (Lipinski definition) is 3. The molecule has 1 aromatic rings. The van der Waals surface area contributed by atoms with Crippen LogP contribution in [0.2, 0.25) is 0 Å². The molecule has 0 spiro atoms. The standard InChI is InChI=1S/C15H22N4O2.ClH/c1-10(2)17-15(21)18-13-6-4-3-5-12(13)14(20)19-8-7-11(16)9-19;/h3-6,10-11H,7-9,16H2,1-2H3,(H2,17,18,21);1H/t11-;/m1./s1. The van der Waals surface area contributed by atoms with Gasteiger partial charge in [0.2, 0.25) is 0 Å². The number of nitrogens with two attached hydrogens (primary N) is 1. The molecule has 7 heteroatoms. The van der Waals surface area contributed by atoms with Crippen molar-refractivity contribution in [1.29, 1.82) is 0 Å². The molecule has 0 saturated carbocycles. The first kappa shape index (κ1) is 18.3. The molecular formula is C15H23ClN4O2. The average Bonchev–Trinajstić information content (AvgIpc) is 2.84. The van der Waals surface area contributed by atoms with Crippen LogP contribution in [0.4, 0.5) is 10.5 Å². The number of anilines is 1. The smallest absolute Gasteiger partial charge is 0.319 e. The molecule has 2 rings (SSSR count). The van der Waals surface area contributed by atoms with Crippen LogP contribution in [0, 0.1) is 0 Å². The monoisotopic (exact) mass is 326 g/mol. The largest absolute Gasteiger partial charge is 0.337 e. The van der Waals surface area contributed by atoms with Crippen LogP contribution in [0.5, 0.6) is 0 Å². The Hall–Kier alpha value is -1.79. The fourth-order valence-electron chi connectivity index (χ4n) is 2.34. The zero-order valence-electron chi connectivity index (χ0n) is 12.8. The topological polar surface area (TPSA) is 87.5 Å².